The Morgan fingerprint density at radius 3 is 2.30 bits per heavy atom. The fraction of sp³-hybridized carbons (Fsp3) is 0.833. The van der Waals surface area contributed by atoms with Gasteiger partial charge in [-0.3, -0.25) is 4.79 Å². The Bertz CT molecular complexity index is 97.7. The van der Waals surface area contributed by atoms with Crippen LogP contribution in [0.3, 0.4) is 0 Å². The molecule has 0 aromatic heterocycles. The lowest BCUT2D eigenvalue weighted by molar-refractivity contribution is -0.120. The van der Waals surface area contributed by atoms with Crippen LogP contribution in [0.5, 0.6) is 0 Å². The van der Waals surface area contributed by atoms with Crippen molar-refractivity contribution in [1.82, 2.24) is 5.32 Å². The van der Waals surface area contributed by atoms with Crippen molar-refractivity contribution in [3.05, 3.63) is 0 Å². The van der Waals surface area contributed by atoms with Gasteiger partial charge in [-0.1, -0.05) is 13.3 Å². The Hall–Kier alpha value is -0.280. The van der Waals surface area contributed by atoms with Crippen LogP contribution in [0.1, 0.15) is 19.8 Å². The van der Waals surface area contributed by atoms with Crippen molar-refractivity contribution in [2.45, 2.75) is 25.8 Å². The van der Waals surface area contributed by atoms with Gasteiger partial charge in [0.05, 0.1) is 6.04 Å². The van der Waals surface area contributed by atoms with E-state index in [4.69, 9.17) is 5.73 Å². The number of halogens is 1. The van der Waals surface area contributed by atoms with Gasteiger partial charge >= 0.3 is 0 Å². The number of hydrogen-bond donors (Lipinski definition) is 2. The van der Waals surface area contributed by atoms with Crippen molar-refractivity contribution in [3.8, 4) is 0 Å². The van der Waals surface area contributed by atoms with E-state index in [1.54, 1.807) is 7.05 Å². The van der Waals surface area contributed by atoms with E-state index in [1.807, 2.05) is 6.92 Å². The molecule has 3 nitrogen and oxygen atoms in total. The van der Waals surface area contributed by atoms with Crippen LogP contribution in [0.15, 0.2) is 0 Å². The first-order valence-corrected chi connectivity index (χ1v) is 3.19. The Morgan fingerprint density at radius 2 is 2.20 bits per heavy atom. The van der Waals surface area contributed by atoms with Crippen LogP contribution in [0.2, 0.25) is 0 Å². The molecule has 62 valence electrons. The van der Waals surface area contributed by atoms with Crippen molar-refractivity contribution in [1.29, 1.82) is 0 Å². The minimum absolute atomic E-state index is 0. The Labute approximate surface area is 67.8 Å². The molecule has 4 heteroatoms. The summed E-state index contributed by atoms with van der Waals surface area (Å²) >= 11 is 0. The normalized spacial score (nSPS) is 11.8. The third-order valence-electron chi connectivity index (χ3n) is 1.27. The second-order valence-electron chi connectivity index (χ2n) is 2.03. The highest BCUT2D eigenvalue weighted by Crippen LogP contribution is 1.93. The van der Waals surface area contributed by atoms with Gasteiger partial charge in [-0.15, -0.1) is 12.4 Å². The molecule has 0 aromatic rings. The number of hydrogen-bond acceptors (Lipinski definition) is 2. The quantitative estimate of drug-likeness (QED) is 0.631. The summed E-state index contributed by atoms with van der Waals surface area (Å²) in [5.74, 6) is -0.264. The number of nitrogens with two attached hydrogens (primary N) is 1. The fourth-order valence-electron chi connectivity index (χ4n) is 0.718. The maximum Gasteiger partial charge on any atom is 0.234 e. The van der Waals surface area contributed by atoms with Crippen LogP contribution in [0, 0.1) is 0 Å². The molecule has 0 bridgehead atoms. The fourth-order valence-corrected chi connectivity index (χ4v) is 0.718. The second-order valence-corrected chi connectivity index (χ2v) is 2.03. The molecule has 0 saturated heterocycles. The highest BCUT2D eigenvalue weighted by atomic mass is 35.5. The van der Waals surface area contributed by atoms with Gasteiger partial charge in [0.15, 0.2) is 0 Å². The van der Waals surface area contributed by atoms with Crippen molar-refractivity contribution in [2.75, 3.05) is 7.05 Å². The maximum atomic E-state index is 10.5. The zero-order valence-electron chi connectivity index (χ0n) is 6.39. The minimum atomic E-state index is -0.264. The van der Waals surface area contributed by atoms with E-state index in [0.717, 1.165) is 12.8 Å². The van der Waals surface area contributed by atoms with E-state index in [1.165, 1.54) is 0 Å². The monoisotopic (exact) mass is 166 g/mol. The summed E-state index contributed by atoms with van der Waals surface area (Å²) in [4.78, 5) is 10.5. The number of amides is 1. The van der Waals surface area contributed by atoms with Crippen molar-refractivity contribution in [2.24, 2.45) is 5.73 Å². The molecule has 1 amide bonds. The van der Waals surface area contributed by atoms with Crippen molar-refractivity contribution < 1.29 is 4.79 Å². The molecule has 0 aromatic carbocycles. The molecule has 1 atom stereocenters. The molecule has 0 rings (SSSR count). The van der Waals surface area contributed by atoms with Gasteiger partial charge in [-0.05, 0) is 13.5 Å². The van der Waals surface area contributed by atoms with E-state index < -0.39 is 0 Å². The molecule has 0 heterocycles. The van der Waals surface area contributed by atoms with Gasteiger partial charge in [-0.2, -0.15) is 0 Å². The minimum Gasteiger partial charge on any atom is -0.368 e. The van der Waals surface area contributed by atoms with Crippen LogP contribution in [0.25, 0.3) is 0 Å². The van der Waals surface area contributed by atoms with Gasteiger partial charge in [-0.25, -0.2) is 0 Å². The average molecular weight is 167 g/mol. The summed E-state index contributed by atoms with van der Waals surface area (Å²) < 4.78 is 0. The Morgan fingerprint density at radius 1 is 1.70 bits per heavy atom. The number of carbonyl (C=O) groups is 1. The Kier molecular flexibility index (Phi) is 8.48. The summed E-state index contributed by atoms with van der Waals surface area (Å²) in [5, 5.41) is 2.83. The van der Waals surface area contributed by atoms with Gasteiger partial charge in [0, 0.05) is 0 Å². The van der Waals surface area contributed by atoms with Crippen LogP contribution in [0.4, 0.5) is 0 Å². The van der Waals surface area contributed by atoms with E-state index in [-0.39, 0.29) is 24.4 Å². The van der Waals surface area contributed by atoms with Crippen LogP contribution >= 0.6 is 12.4 Å². The van der Waals surface area contributed by atoms with Gasteiger partial charge in [0.25, 0.3) is 0 Å². The molecule has 10 heavy (non-hydrogen) atoms. The number of rotatable bonds is 4. The van der Waals surface area contributed by atoms with E-state index in [9.17, 15) is 4.79 Å². The SMILES string of the molecule is CCCC(NC)C(N)=O.Cl. The van der Waals surface area contributed by atoms with E-state index in [0.29, 0.717) is 0 Å². The summed E-state index contributed by atoms with van der Waals surface area (Å²) in [6.45, 7) is 2.02. The molecule has 1 unspecified atom stereocenters. The Balaban J connectivity index is 0. The number of primary amides is 1. The molecule has 0 aliphatic carbocycles. The standard InChI is InChI=1S/C6H14N2O.ClH/c1-3-4-5(8-2)6(7)9;/h5,8H,3-4H2,1-2H3,(H2,7,9);1H. The zero-order valence-corrected chi connectivity index (χ0v) is 7.20. The summed E-state index contributed by atoms with van der Waals surface area (Å²) in [6.07, 6.45) is 1.81. The predicted octanol–water partition coefficient (Wildman–Crippen LogP) is 0.282. The lowest BCUT2D eigenvalue weighted by Gasteiger charge is -2.08. The third kappa shape index (κ3) is 4.58. The smallest absolute Gasteiger partial charge is 0.234 e. The number of carbonyl (C=O) groups excluding carboxylic acids is 1. The topological polar surface area (TPSA) is 55.1 Å². The molecule has 0 fully saturated rings. The highest BCUT2D eigenvalue weighted by molar-refractivity contribution is 5.85. The largest absolute Gasteiger partial charge is 0.368 e. The highest BCUT2D eigenvalue weighted by Gasteiger charge is 2.09. The van der Waals surface area contributed by atoms with Gasteiger partial charge < -0.3 is 11.1 Å². The molecular weight excluding hydrogens is 152 g/mol. The lowest BCUT2D eigenvalue weighted by atomic mass is 10.1. The number of likely N-dealkylation sites (N-methyl/N-ethyl adjacent to an activating group) is 1. The molecule has 3 N–H and O–H groups in total. The molecule has 0 aliphatic heterocycles. The maximum absolute atomic E-state index is 10.5. The van der Waals surface area contributed by atoms with E-state index >= 15 is 0 Å². The van der Waals surface area contributed by atoms with E-state index in [2.05, 4.69) is 5.32 Å². The van der Waals surface area contributed by atoms with Crippen LogP contribution in [-0.2, 0) is 4.79 Å². The van der Waals surface area contributed by atoms with Crippen molar-refractivity contribution >= 4 is 18.3 Å². The predicted molar refractivity (Wildman–Crippen MR) is 44.2 cm³/mol. The van der Waals surface area contributed by atoms with Crippen LogP contribution < -0.4 is 11.1 Å². The van der Waals surface area contributed by atoms with Gasteiger partial charge in [0.1, 0.15) is 0 Å². The summed E-state index contributed by atoms with van der Waals surface area (Å²) in [5.41, 5.74) is 5.03. The zero-order chi connectivity index (χ0) is 7.28. The third-order valence-corrected chi connectivity index (χ3v) is 1.27. The first-order valence-electron chi connectivity index (χ1n) is 3.19. The molecule has 0 radical (unpaired) electrons. The number of nitrogens with one attached hydrogen (secondary N) is 1. The first kappa shape index (κ1) is 12.4. The average Bonchev–Trinajstić information content (AvgIpc) is 1.82. The van der Waals surface area contributed by atoms with Gasteiger partial charge in [0.2, 0.25) is 5.91 Å². The summed E-state index contributed by atoms with van der Waals surface area (Å²) in [7, 11) is 1.74. The molecule has 0 saturated carbocycles. The first-order chi connectivity index (χ1) is 4.22. The van der Waals surface area contributed by atoms with Crippen LogP contribution in [-0.4, -0.2) is 19.0 Å². The second kappa shape index (κ2) is 6.83. The molecule has 0 aliphatic rings. The molecular formula is C6H15ClN2O. The van der Waals surface area contributed by atoms with Crippen molar-refractivity contribution in [3.63, 3.8) is 0 Å². The summed E-state index contributed by atoms with van der Waals surface area (Å²) in [6, 6.07) is -0.144. The lowest BCUT2D eigenvalue weighted by Crippen LogP contribution is -2.38. The molecule has 0 spiro atoms.